The van der Waals surface area contributed by atoms with Crippen LogP contribution in [-0.2, 0) is 13.2 Å². The van der Waals surface area contributed by atoms with Gasteiger partial charge in [-0.25, -0.2) is 0 Å². The van der Waals surface area contributed by atoms with Gasteiger partial charge in [-0.2, -0.15) is 0 Å². The molecule has 0 amide bonds. The highest BCUT2D eigenvalue weighted by Gasteiger charge is 2.13. The summed E-state index contributed by atoms with van der Waals surface area (Å²) in [5, 5.41) is 3.59. The van der Waals surface area contributed by atoms with Gasteiger partial charge in [-0.3, -0.25) is 0 Å². The van der Waals surface area contributed by atoms with Crippen molar-refractivity contribution in [2.24, 2.45) is 0 Å². The molecule has 0 aliphatic carbocycles. The molecule has 0 bridgehead atoms. The summed E-state index contributed by atoms with van der Waals surface area (Å²) in [6.45, 7) is 6.00. The van der Waals surface area contributed by atoms with Crippen LogP contribution >= 0.6 is 0 Å². The Morgan fingerprint density at radius 3 is 2.22 bits per heavy atom. The molecule has 0 aliphatic heterocycles. The second-order valence-electron chi connectivity index (χ2n) is 6.46. The van der Waals surface area contributed by atoms with Crippen molar-refractivity contribution in [1.82, 2.24) is 5.32 Å². The molecule has 3 rings (SSSR count). The minimum absolute atomic E-state index is 0.254. The summed E-state index contributed by atoms with van der Waals surface area (Å²) in [6, 6.07) is 27.0. The fraction of sp³-hybridized carbons (Fsp3) is 0.250. The molecular formula is C24H27NO2. The zero-order valence-corrected chi connectivity index (χ0v) is 16.0. The van der Waals surface area contributed by atoms with E-state index in [9.17, 15) is 0 Å². The third kappa shape index (κ3) is 5.35. The molecule has 0 saturated heterocycles. The van der Waals surface area contributed by atoms with Crippen molar-refractivity contribution in [2.45, 2.75) is 33.0 Å². The fourth-order valence-electron chi connectivity index (χ4n) is 2.99. The van der Waals surface area contributed by atoms with Gasteiger partial charge in [-0.05, 0) is 31.0 Å². The van der Waals surface area contributed by atoms with Crippen LogP contribution in [0.15, 0.2) is 78.9 Å². The number of benzene rings is 3. The van der Waals surface area contributed by atoms with Crippen molar-refractivity contribution < 1.29 is 9.47 Å². The van der Waals surface area contributed by atoms with Gasteiger partial charge >= 0.3 is 0 Å². The van der Waals surface area contributed by atoms with Crippen molar-refractivity contribution >= 4 is 0 Å². The normalized spacial score (nSPS) is 11.8. The minimum Gasteiger partial charge on any atom is -0.490 e. The summed E-state index contributed by atoms with van der Waals surface area (Å²) in [5.41, 5.74) is 3.50. The maximum absolute atomic E-state index is 6.18. The maximum Gasteiger partial charge on any atom is 0.166 e. The first-order valence-electron chi connectivity index (χ1n) is 9.47. The Kier molecular flexibility index (Phi) is 6.89. The molecule has 3 nitrogen and oxygen atoms in total. The van der Waals surface area contributed by atoms with Crippen molar-refractivity contribution in [3.63, 3.8) is 0 Å². The van der Waals surface area contributed by atoms with E-state index in [1.165, 1.54) is 5.56 Å². The minimum atomic E-state index is 0.254. The van der Waals surface area contributed by atoms with Gasteiger partial charge in [-0.1, -0.05) is 72.8 Å². The summed E-state index contributed by atoms with van der Waals surface area (Å²) in [4.78, 5) is 0. The van der Waals surface area contributed by atoms with Crippen LogP contribution in [-0.4, -0.2) is 6.61 Å². The lowest BCUT2D eigenvalue weighted by atomic mass is 10.1. The van der Waals surface area contributed by atoms with E-state index in [1.807, 2.05) is 43.3 Å². The third-order valence-electron chi connectivity index (χ3n) is 4.48. The molecule has 140 valence electrons. The molecule has 0 spiro atoms. The van der Waals surface area contributed by atoms with Gasteiger partial charge in [0.1, 0.15) is 6.61 Å². The van der Waals surface area contributed by atoms with E-state index in [1.54, 1.807) is 0 Å². The lowest BCUT2D eigenvalue weighted by Gasteiger charge is -2.19. The van der Waals surface area contributed by atoms with E-state index in [-0.39, 0.29) is 6.04 Å². The van der Waals surface area contributed by atoms with E-state index in [0.717, 1.165) is 22.6 Å². The lowest BCUT2D eigenvalue weighted by molar-refractivity contribution is 0.266. The van der Waals surface area contributed by atoms with Crippen molar-refractivity contribution in [3.05, 3.63) is 95.6 Å². The van der Waals surface area contributed by atoms with Crippen LogP contribution in [0.4, 0.5) is 0 Å². The first-order valence-corrected chi connectivity index (χ1v) is 9.47. The monoisotopic (exact) mass is 361 g/mol. The van der Waals surface area contributed by atoms with Gasteiger partial charge in [0.25, 0.3) is 0 Å². The predicted octanol–water partition coefficient (Wildman–Crippen LogP) is 5.52. The van der Waals surface area contributed by atoms with Gasteiger partial charge in [0.15, 0.2) is 11.5 Å². The van der Waals surface area contributed by atoms with Crippen LogP contribution in [0, 0.1) is 0 Å². The molecule has 0 fully saturated rings. The molecule has 1 atom stereocenters. The summed E-state index contributed by atoms with van der Waals surface area (Å²) >= 11 is 0. The SMILES string of the molecule is CCOc1cccc(CNC(C)c2ccccc2)c1OCc1ccccc1. The molecule has 0 saturated carbocycles. The fourth-order valence-corrected chi connectivity index (χ4v) is 2.99. The van der Waals surface area contributed by atoms with E-state index < -0.39 is 0 Å². The van der Waals surface area contributed by atoms with Crippen LogP contribution in [0.3, 0.4) is 0 Å². The van der Waals surface area contributed by atoms with Gasteiger partial charge in [0.2, 0.25) is 0 Å². The van der Waals surface area contributed by atoms with Crippen LogP contribution < -0.4 is 14.8 Å². The van der Waals surface area contributed by atoms with Crippen LogP contribution in [0.5, 0.6) is 11.5 Å². The highest BCUT2D eigenvalue weighted by molar-refractivity contribution is 5.47. The number of para-hydroxylation sites is 1. The summed E-state index contributed by atoms with van der Waals surface area (Å²) in [7, 11) is 0. The predicted molar refractivity (Wildman–Crippen MR) is 110 cm³/mol. The van der Waals surface area contributed by atoms with Gasteiger partial charge in [-0.15, -0.1) is 0 Å². The second-order valence-corrected chi connectivity index (χ2v) is 6.46. The summed E-state index contributed by atoms with van der Waals surface area (Å²) in [5.74, 6) is 1.61. The molecule has 1 N–H and O–H groups in total. The number of nitrogens with one attached hydrogen (secondary N) is 1. The lowest BCUT2D eigenvalue weighted by Crippen LogP contribution is -2.18. The average molecular weight is 361 g/mol. The molecule has 1 unspecified atom stereocenters. The number of hydrogen-bond donors (Lipinski definition) is 1. The molecule has 27 heavy (non-hydrogen) atoms. The molecule has 0 radical (unpaired) electrons. The van der Waals surface area contributed by atoms with E-state index in [4.69, 9.17) is 9.47 Å². The Balaban J connectivity index is 1.74. The number of rotatable bonds is 9. The molecule has 0 aliphatic rings. The molecule has 3 heteroatoms. The van der Waals surface area contributed by atoms with E-state index in [2.05, 4.69) is 54.7 Å². The summed E-state index contributed by atoms with van der Waals surface area (Å²) in [6.07, 6.45) is 0. The Hall–Kier alpha value is -2.78. The summed E-state index contributed by atoms with van der Waals surface area (Å²) < 4.78 is 12.0. The zero-order chi connectivity index (χ0) is 18.9. The maximum atomic E-state index is 6.18. The van der Waals surface area contributed by atoms with Gasteiger partial charge < -0.3 is 14.8 Å². The first-order chi connectivity index (χ1) is 13.3. The standard InChI is InChI=1S/C24H27NO2/c1-3-26-23-16-10-15-22(17-25-19(2)21-13-8-5-9-14-21)24(23)27-18-20-11-6-4-7-12-20/h4-16,19,25H,3,17-18H2,1-2H3. The van der Waals surface area contributed by atoms with Crippen molar-refractivity contribution in [1.29, 1.82) is 0 Å². The van der Waals surface area contributed by atoms with Crippen molar-refractivity contribution in [3.8, 4) is 11.5 Å². The quantitative estimate of drug-likeness (QED) is 0.545. The molecule has 0 aromatic heterocycles. The van der Waals surface area contributed by atoms with Crippen LogP contribution in [0.25, 0.3) is 0 Å². The number of hydrogen-bond acceptors (Lipinski definition) is 3. The molecule has 3 aromatic carbocycles. The molecule has 3 aromatic rings. The van der Waals surface area contributed by atoms with Crippen molar-refractivity contribution in [2.75, 3.05) is 6.61 Å². The third-order valence-corrected chi connectivity index (χ3v) is 4.48. The van der Waals surface area contributed by atoms with Gasteiger partial charge in [0, 0.05) is 18.2 Å². The number of ether oxygens (including phenoxy) is 2. The highest BCUT2D eigenvalue weighted by Crippen LogP contribution is 2.32. The Morgan fingerprint density at radius 2 is 1.52 bits per heavy atom. The second kappa shape index (κ2) is 9.79. The van der Waals surface area contributed by atoms with E-state index in [0.29, 0.717) is 19.8 Å². The largest absolute Gasteiger partial charge is 0.490 e. The smallest absolute Gasteiger partial charge is 0.166 e. The first kappa shape index (κ1) is 19.0. The Morgan fingerprint density at radius 1 is 0.815 bits per heavy atom. The Bertz CT molecular complexity index is 818. The van der Waals surface area contributed by atoms with E-state index >= 15 is 0 Å². The molecular weight excluding hydrogens is 334 g/mol. The topological polar surface area (TPSA) is 30.5 Å². The van der Waals surface area contributed by atoms with Crippen LogP contribution in [0.2, 0.25) is 0 Å². The zero-order valence-electron chi connectivity index (χ0n) is 16.0. The molecule has 0 heterocycles. The average Bonchev–Trinajstić information content (AvgIpc) is 2.73. The van der Waals surface area contributed by atoms with Crippen LogP contribution in [0.1, 0.15) is 36.6 Å². The van der Waals surface area contributed by atoms with Gasteiger partial charge in [0.05, 0.1) is 6.61 Å². The Labute approximate surface area is 162 Å². The highest BCUT2D eigenvalue weighted by atomic mass is 16.5.